The van der Waals surface area contributed by atoms with Gasteiger partial charge in [-0.25, -0.2) is 4.39 Å². The molecule has 0 bridgehead atoms. The lowest BCUT2D eigenvalue weighted by molar-refractivity contribution is -0.149. The number of amides is 1. The number of hydrogen-bond donors (Lipinski definition) is 3. The van der Waals surface area contributed by atoms with Gasteiger partial charge in [-0.05, 0) is 17.7 Å². The van der Waals surface area contributed by atoms with Crippen molar-refractivity contribution in [3.63, 3.8) is 0 Å². The van der Waals surface area contributed by atoms with Gasteiger partial charge in [-0.3, -0.25) is 9.59 Å². The molecule has 116 valence electrons. The number of rotatable bonds is 7. The van der Waals surface area contributed by atoms with Crippen molar-refractivity contribution in [3.05, 3.63) is 35.6 Å². The molecule has 1 amide bonds. The highest BCUT2D eigenvalue weighted by molar-refractivity contribution is 5.90. The van der Waals surface area contributed by atoms with E-state index in [9.17, 15) is 14.0 Å². The van der Waals surface area contributed by atoms with Crippen LogP contribution >= 0.6 is 0 Å². The van der Waals surface area contributed by atoms with Crippen LogP contribution in [0.4, 0.5) is 4.39 Å². The third-order valence-corrected chi connectivity index (χ3v) is 3.22. The number of aliphatic hydroxyl groups is 1. The van der Waals surface area contributed by atoms with E-state index in [1.54, 1.807) is 0 Å². The summed E-state index contributed by atoms with van der Waals surface area (Å²) in [6, 6.07) is 5.18. The quantitative estimate of drug-likeness (QED) is 0.600. The number of methoxy groups -OCH3 is 1. The fourth-order valence-corrected chi connectivity index (χ4v) is 2.06. The number of carbonyl (C=O) groups excluding carboxylic acids is 2. The van der Waals surface area contributed by atoms with Crippen LogP contribution in [0.15, 0.2) is 24.3 Å². The predicted octanol–water partition coefficient (Wildman–Crippen LogP) is -0.306. The third-order valence-electron chi connectivity index (χ3n) is 3.22. The van der Waals surface area contributed by atoms with Crippen LogP contribution in [0.5, 0.6) is 0 Å². The van der Waals surface area contributed by atoms with E-state index in [-0.39, 0.29) is 26.1 Å². The molecule has 0 radical (unpaired) electrons. The summed E-state index contributed by atoms with van der Waals surface area (Å²) < 4.78 is 17.8. The van der Waals surface area contributed by atoms with Crippen molar-refractivity contribution in [2.24, 2.45) is 5.73 Å². The molecule has 1 unspecified atom stereocenters. The second-order valence-corrected chi connectivity index (χ2v) is 4.54. The molecular formula is C14H19FN2O4. The molecule has 0 spiro atoms. The fourth-order valence-electron chi connectivity index (χ4n) is 2.06. The van der Waals surface area contributed by atoms with Gasteiger partial charge < -0.3 is 20.9 Å². The zero-order valence-corrected chi connectivity index (χ0v) is 11.8. The Bertz CT molecular complexity index is 492. The molecule has 6 nitrogen and oxygen atoms in total. The van der Waals surface area contributed by atoms with Gasteiger partial charge in [-0.1, -0.05) is 12.1 Å². The molecule has 0 aliphatic rings. The Hall–Kier alpha value is -1.99. The smallest absolute Gasteiger partial charge is 0.318 e. The van der Waals surface area contributed by atoms with E-state index in [4.69, 9.17) is 15.6 Å². The van der Waals surface area contributed by atoms with Crippen molar-refractivity contribution in [2.45, 2.75) is 11.8 Å². The molecule has 7 heteroatoms. The van der Waals surface area contributed by atoms with Crippen LogP contribution in [0, 0.1) is 5.82 Å². The Labute approximate surface area is 122 Å². The number of carbonyl (C=O) groups is 2. The van der Waals surface area contributed by atoms with Crippen molar-refractivity contribution in [1.82, 2.24) is 5.32 Å². The lowest BCUT2D eigenvalue weighted by Gasteiger charge is -2.29. The Balaban J connectivity index is 3.12. The summed E-state index contributed by atoms with van der Waals surface area (Å²) in [6.45, 7) is -0.307. The van der Waals surface area contributed by atoms with Crippen LogP contribution in [-0.2, 0) is 19.7 Å². The predicted molar refractivity (Wildman–Crippen MR) is 73.9 cm³/mol. The number of aliphatic hydroxyl groups excluding tert-OH is 1. The van der Waals surface area contributed by atoms with Crippen molar-refractivity contribution in [3.8, 4) is 0 Å². The molecule has 1 rings (SSSR count). The highest BCUT2D eigenvalue weighted by atomic mass is 19.1. The fraction of sp³-hybridized carbons (Fsp3) is 0.429. The largest absolute Gasteiger partial charge is 0.468 e. The van der Waals surface area contributed by atoms with E-state index < -0.39 is 23.1 Å². The van der Waals surface area contributed by atoms with Gasteiger partial charge in [-0.15, -0.1) is 0 Å². The summed E-state index contributed by atoms with van der Waals surface area (Å²) in [6.07, 6.45) is -0.248. The summed E-state index contributed by atoms with van der Waals surface area (Å²) in [5, 5.41) is 11.2. The molecular weight excluding hydrogens is 279 g/mol. The van der Waals surface area contributed by atoms with E-state index >= 15 is 0 Å². The molecule has 0 aliphatic heterocycles. The normalized spacial score (nSPS) is 13.3. The second kappa shape index (κ2) is 7.70. The number of halogens is 1. The van der Waals surface area contributed by atoms with Gasteiger partial charge in [0.15, 0.2) is 0 Å². The first kappa shape index (κ1) is 17.1. The first-order valence-electron chi connectivity index (χ1n) is 6.42. The number of esters is 1. The van der Waals surface area contributed by atoms with Crippen molar-refractivity contribution < 1.29 is 23.8 Å². The summed E-state index contributed by atoms with van der Waals surface area (Å²) in [4.78, 5) is 24.0. The maximum atomic E-state index is 13.0. The molecule has 4 N–H and O–H groups in total. The summed E-state index contributed by atoms with van der Waals surface area (Å²) in [5.41, 5.74) is 4.72. The molecule has 0 fully saturated rings. The number of benzene rings is 1. The average molecular weight is 298 g/mol. The SMILES string of the molecule is COC(=O)C(CN)(CC(=O)NCCO)c1ccc(F)cc1. The lowest BCUT2D eigenvalue weighted by Crippen LogP contribution is -2.47. The molecule has 0 aromatic heterocycles. The van der Waals surface area contributed by atoms with Gasteiger partial charge in [0.05, 0.1) is 13.7 Å². The summed E-state index contributed by atoms with van der Waals surface area (Å²) in [7, 11) is 1.20. The van der Waals surface area contributed by atoms with Crippen LogP contribution in [0.1, 0.15) is 12.0 Å². The van der Waals surface area contributed by atoms with E-state index in [0.717, 1.165) is 0 Å². The van der Waals surface area contributed by atoms with Gasteiger partial charge in [0.1, 0.15) is 11.2 Å². The minimum absolute atomic E-state index is 0.0735. The topological polar surface area (TPSA) is 102 Å². The minimum Gasteiger partial charge on any atom is -0.468 e. The van der Waals surface area contributed by atoms with E-state index in [1.165, 1.54) is 31.4 Å². The molecule has 1 aromatic rings. The highest BCUT2D eigenvalue weighted by Gasteiger charge is 2.42. The van der Waals surface area contributed by atoms with Crippen molar-refractivity contribution in [2.75, 3.05) is 26.8 Å². The Kier molecular flexibility index (Phi) is 6.26. The summed E-state index contributed by atoms with van der Waals surface area (Å²) >= 11 is 0. The molecule has 21 heavy (non-hydrogen) atoms. The summed E-state index contributed by atoms with van der Waals surface area (Å²) in [5.74, 6) is -1.58. The van der Waals surface area contributed by atoms with Gasteiger partial charge in [0.2, 0.25) is 5.91 Å². The average Bonchev–Trinajstić information content (AvgIpc) is 2.50. The monoisotopic (exact) mass is 298 g/mol. The standard InChI is InChI=1S/C14H19FN2O4/c1-21-13(20)14(9-16,8-12(19)17-6-7-18)10-2-4-11(15)5-3-10/h2-5,18H,6-9,16H2,1H3,(H,17,19). The Morgan fingerprint density at radius 2 is 2.00 bits per heavy atom. The first-order chi connectivity index (χ1) is 10.00. The Morgan fingerprint density at radius 1 is 1.38 bits per heavy atom. The zero-order valence-electron chi connectivity index (χ0n) is 11.8. The maximum absolute atomic E-state index is 13.0. The van der Waals surface area contributed by atoms with Gasteiger partial charge in [0, 0.05) is 19.5 Å². The van der Waals surface area contributed by atoms with Crippen LogP contribution < -0.4 is 11.1 Å². The maximum Gasteiger partial charge on any atom is 0.318 e. The van der Waals surface area contributed by atoms with Crippen molar-refractivity contribution >= 4 is 11.9 Å². The molecule has 1 atom stereocenters. The van der Waals surface area contributed by atoms with E-state index in [2.05, 4.69) is 5.32 Å². The minimum atomic E-state index is -1.39. The third kappa shape index (κ3) is 3.99. The van der Waals surface area contributed by atoms with Crippen molar-refractivity contribution in [1.29, 1.82) is 0 Å². The Morgan fingerprint density at radius 3 is 2.48 bits per heavy atom. The molecule has 0 aliphatic carbocycles. The molecule has 1 aromatic carbocycles. The van der Waals surface area contributed by atoms with Crippen LogP contribution in [0.25, 0.3) is 0 Å². The van der Waals surface area contributed by atoms with Gasteiger partial charge in [0.25, 0.3) is 0 Å². The molecule has 0 saturated carbocycles. The number of ether oxygens (including phenoxy) is 1. The van der Waals surface area contributed by atoms with Crippen LogP contribution in [0.2, 0.25) is 0 Å². The zero-order chi connectivity index (χ0) is 15.9. The van der Waals surface area contributed by atoms with Gasteiger partial charge >= 0.3 is 5.97 Å². The number of nitrogens with two attached hydrogens (primary N) is 1. The van der Waals surface area contributed by atoms with E-state index in [1.807, 2.05) is 0 Å². The lowest BCUT2D eigenvalue weighted by atomic mass is 9.77. The van der Waals surface area contributed by atoms with Gasteiger partial charge in [-0.2, -0.15) is 0 Å². The number of hydrogen-bond acceptors (Lipinski definition) is 5. The first-order valence-corrected chi connectivity index (χ1v) is 6.42. The van der Waals surface area contributed by atoms with E-state index in [0.29, 0.717) is 5.56 Å². The number of nitrogens with one attached hydrogen (secondary N) is 1. The van der Waals surface area contributed by atoms with Crippen LogP contribution in [-0.4, -0.2) is 43.8 Å². The molecule has 0 saturated heterocycles. The van der Waals surface area contributed by atoms with Crippen LogP contribution in [0.3, 0.4) is 0 Å². The second-order valence-electron chi connectivity index (χ2n) is 4.54. The molecule has 0 heterocycles. The highest BCUT2D eigenvalue weighted by Crippen LogP contribution is 2.29.